The summed E-state index contributed by atoms with van der Waals surface area (Å²) in [6.07, 6.45) is 5.16. The highest BCUT2D eigenvalue weighted by Gasteiger charge is 2.22. The van der Waals surface area contributed by atoms with Crippen LogP contribution in [0.15, 0.2) is 34.7 Å². The summed E-state index contributed by atoms with van der Waals surface area (Å²) in [5.74, 6) is 1.56. The smallest absolute Gasteiger partial charge is 0.180 e. The zero-order valence-electron chi connectivity index (χ0n) is 13.1. The molecule has 1 heterocycles. The Balaban J connectivity index is 1.65. The molecule has 0 unspecified atom stereocenters. The fraction of sp³-hybridized carbons (Fsp3) is 0.471. The van der Waals surface area contributed by atoms with E-state index >= 15 is 0 Å². The number of nitrogens with one attached hydrogen (secondary N) is 2. The Morgan fingerprint density at radius 3 is 2.55 bits per heavy atom. The van der Waals surface area contributed by atoms with E-state index in [-0.39, 0.29) is 0 Å². The SMILES string of the molecule is COc1ccc(C2=CSC(=N[C@H]3CCCC[C@@H]3C)NN2)cc1. The van der Waals surface area contributed by atoms with Crippen molar-refractivity contribution in [1.82, 2.24) is 10.9 Å². The molecule has 0 radical (unpaired) electrons. The van der Waals surface area contributed by atoms with Crippen LogP contribution in [-0.4, -0.2) is 18.3 Å². The summed E-state index contributed by atoms with van der Waals surface area (Å²) in [4.78, 5) is 4.87. The van der Waals surface area contributed by atoms with Gasteiger partial charge in [0.05, 0.1) is 18.8 Å². The van der Waals surface area contributed by atoms with E-state index in [1.165, 1.54) is 25.7 Å². The van der Waals surface area contributed by atoms with Gasteiger partial charge in [-0.1, -0.05) is 31.5 Å². The van der Waals surface area contributed by atoms with Crippen molar-refractivity contribution in [2.24, 2.45) is 10.9 Å². The predicted molar refractivity (Wildman–Crippen MR) is 93.7 cm³/mol. The molecule has 2 atom stereocenters. The molecule has 0 amide bonds. The van der Waals surface area contributed by atoms with E-state index in [4.69, 9.17) is 9.73 Å². The number of rotatable bonds is 3. The molecule has 2 aliphatic rings. The van der Waals surface area contributed by atoms with Gasteiger partial charge in [0, 0.05) is 11.0 Å². The van der Waals surface area contributed by atoms with Gasteiger partial charge in [0.25, 0.3) is 0 Å². The molecule has 1 aliphatic heterocycles. The minimum atomic E-state index is 0.460. The van der Waals surface area contributed by atoms with Crippen molar-refractivity contribution < 1.29 is 4.74 Å². The van der Waals surface area contributed by atoms with Crippen molar-refractivity contribution in [3.05, 3.63) is 35.2 Å². The highest BCUT2D eigenvalue weighted by molar-refractivity contribution is 8.16. The Morgan fingerprint density at radius 2 is 1.91 bits per heavy atom. The maximum atomic E-state index is 5.19. The van der Waals surface area contributed by atoms with Crippen LogP contribution in [0.4, 0.5) is 0 Å². The first kappa shape index (κ1) is 15.3. The summed E-state index contributed by atoms with van der Waals surface area (Å²) in [6, 6.07) is 8.49. The minimum Gasteiger partial charge on any atom is -0.497 e. The van der Waals surface area contributed by atoms with Crippen molar-refractivity contribution >= 4 is 22.6 Å². The van der Waals surface area contributed by atoms with Gasteiger partial charge < -0.3 is 4.74 Å². The van der Waals surface area contributed by atoms with E-state index < -0.39 is 0 Å². The van der Waals surface area contributed by atoms with E-state index in [2.05, 4.69) is 23.2 Å². The van der Waals surface area contributed by atoms with Gasteiger partial charge in [0.15, 0.2) is 5.17 Å². The van der Waals surface area contributed by atoms with Gasteiger partial charge in [0.2, 0.25) is 0 Å². The number of hydrogen-bond acceptors (Lipinski definition) is 4. The number of nitrogens with zero attached hydrogens (tertiary/aromatic N) is 1. The molecular weight excluding hydrogens is 294 g/mol. The summed E-state index contributed by atoms with van der Waals surface area (Å²) in [5.41, 5.74) is 8.66. The van der Waals surface area contributed by atoms with Crippen LogP contribution >= 0.6 is 11.8 Å². The number of methoxy groups -OCH3 is 1. The molecule has 118 valence electrons. The molecule has 0 saturated heterocycles. The zero-order chi connectivity index (χ0) is 15.4. The minimum absolute atomic E-state index is 0.460. The number of ether oxygens (including phenoxy) is 1. The Labute approximate surface area is 136 Å². The van der Waals surface area contributed by atoms with Crippen LogP contribution in [0.3, 0.4) is 0 Å². The van der Waals surface area contributed by atoms with Gasteiger partial charge in [0.1, 0.15) is 5.75 Å². The van der Waals surface area contributed by atoms with Crippen LogP contribution in [0.5, 0.6) is 5.75 Å². The van der Waals surface area contributed by atoms with E-state index in [1.807, 2.05) is 24.3 Å². The topological polar surface area (TPSA) is 45.6 Å². The average molecular weight is 317 g/mol. The summed E-state index contributed by atoms with van der Waals surface area (Å²) in [7, 11) is 1.68. The standard InChI is InChI=1S/C17H23N3OS/c1-12-5-3-4-6-15(12)18-17-20-19-16(11-22-17)13-7-9-14(21-2)10-8-13/h7-12,15,19H,3-6H2,1-2H3,(H,18,20)/t12-,15-/m0/s1. The second-order valence-corrected chi connectivity index (χ2v) is 6.75. The van der Waals surface area contributed by atoms with Crippen molar-refractivity contribution in [2.45, 2.75) is 38.6 Å². The fourth-order valence-corrected chi connectivity index (χ4v) is 3.64. The number of amidine groups is 1. The molecule has 22 heavy (non-hydrogen) atoms. The number of aliphatic imine (C=N–C) groups is 1. The first-order chi connectivity index (χ1) is 10.8. The largest absolute Gasteiger partial charge is 0.497 e. The maximum Gasteiger partial charge on any atom is 0.180 e. The Morgan fingerprint density at radius 1 is 1.14 bits per heavy atom. The summed E-state index contributed by atoms with van der Waals surface area (Å²) in [5, 5.41) is 3.08. The quantitative estimate of drug-likeness (QED) is 0.891. The second-order valence-electron chi connectivity index (χ2n) is 5.89. The molecule has 0 aromatic heterocycles. The lowest BCUT2D eigenvalue weighted by Crippen LogP contribution is -2.38. The van der Waals surface area contributed by atoms with Crippen LogP contribution < -0.4 is 15.6 Å². The molecule has 3 rings (SSSR count). The lowest BCUT2D eigenvalue weighted by atomic mass is 9.86. The van der Waals surface area contributed by atoms with Crippen LogP contribution in [0.1, 0.15) is 38.2 Å². The molecule has 1 aromatic carbocycles. The number of hydrazine groups is 1. The first-order valence-corrected chi connectivity index (χ1v) is 8.75. The van der Waals surface area contributed by atoms with Crippen LogP contribution in [0.25, 0.3) is 5.70 Å². The molecule has 1 fully saturated rings. The first-order valence-electron chi connectivity index (χ1n) is 7.87. The van der Waals surface area contributed by atoms with Gasteiger partial charge in [-0.3, -0.25) is 15.8 Å². The molecule has 2 N–H and O–H groups in total. The van der Waals surface area contributed by atoms with Gasteiger partial charge in [-0.25, -0.2) is 0 Å². The summed E-state index contributed by atoms with van der Waals surface area (Å²) < 4.78 is 5.19. The molecular formula is C17H23N3OS. The normalized spacial score (nSPS) is 26.8. The third-order valence-electron chi connectivity index (χ3n) is 4.34. The Bertz CT molecular complexity index is 568. The number of benzene rings is 1. The summed E-state index contributed by atoms with van der Waals surface area (Å²) in [6.45, 7) is 2.31. The van der Waals surface area contributed by atoms with E-state index in [0.717, 1.165) is 22.2 Å². The van der Waals surface area contributed by atoms with Gasteiger partial charge in [-0.15, -0.1) is 0 Å². The molecule has 5 heteroatoms. The van der Waals surface area contributed by atoms with Crippen LogP contribution in [0, 0.1) is 5.92 Å². The van der Waals surface area contributed by atoms with Crippen LogP contribution in [0.2, 0.25) is 0 Å². The average Bonchev–Trinajstić information content (AvgIpc) is 2.58. The lowest BCUT2D eigenvalue weighted by Gasteiger charge is -2.27. The Kier molecular flexibility index (Phi) is 4.93. The third-order valence-corrected chi connectivity index (χ3v) is 5.13. The van der Waals surface area contributed by atoms with Crippen LogP contribution in [-0.2, 0) is 0 Å². The Hall–Kier alpha value is -1.62. The lowest BCUT2D eigenvalue weighted by molar-refractivity contribution is 0.332. The molecule has 0 spiro atoms. The molecule has 4 nitrogen and oxygen atoms in total. The van der Waals surface area contributed by atoms with Gasteiger partial charge in [-0.05, 0) is 43.0 Å². The van der Waals surface area contributed by atoms with E-state index in [9.17, 15) is 0 Å². The number of thioether (sulfide) groups is 1. The number of hydrogen-bond donors (Lipinski definition) is 2. The highest BCUT2D eigenvalue weighted by atomic mass is 32.2. The molecule has 1 aromatic rings. The van der Waals surface area contributed by atoms with Crippen molar-refractivity contribution in [2.75, 3.05) is 7.11 Å². The van der Waals surface area contributed by atoms with Crippen molar-refractivity contribution in [1.29, 1.82) is 0 Å². The fourth-order valence-electron chi connectivity index (χ4n) is 2.91. The molecule has 1 saturated carbocycles. The predicted octanol–water partition coefficient (Wildman–Crippen LogP) is 3.77. The summed E-state index contributed by atoms with van der Waals surface area (Å²) >= 11 is 1.65. The van der Waals surface area contributed by atoms with Gasteiger partial charge >= 0.3 is 0 Å². The van der Waals surface area contributed by atoms with Gasteiger partial charge in [-0.2, -0.15) is 0 Å². The third kappa shape index (κ3) is 3.58. The molecule has 1 aliphatic carbocycles. The second kappa shape index (κ2) is 7.09. The monoisotopic (exact) mass is 317 g/mol. The van der Waals surface area contributed by atoms with Crippen molar-refractivity contribution in [3.8, 4) is 5.75 Å². The van der Waals surface area contributed by atoms with E-state index in [1.54, 1.807) is 18.9 Å². The highest BCUT2D eigenvalue weighted by Crippen LogP contribution is 2.28. The van der Waals surface area contributed by atoms with Crippen molar-refractivity contribution in [3.63, 3.8) is 0 Å². The zero-order valence-corrected chi connectivity index (χ0v) is 14.0. The maximum absolute atomic E-state index is 5.19. The molecule has 0 bridgehead atoms. The van der Waals surface area contributed by atoms with E-state index in [0.29, 0.717) is 12.0 Å².